The highest BCUT2D eigenvalue weighted by atomic mass is 16.5. The number of nitrogens with one attached hydrogen (secondary N) is 1. The van der Waals surface area contributed by atoms with Gasteiger partial charge in [-0.3, -0.25) is 4.79 Å². The molecule has 2 aliphatic rings. The van der Waals surface area contributed by atoms with Gasteiger partial charge < -0.3 is 15.2 Å². The largest absolute Gasteiger partial charge is 0.396 e. The van der Waals surface area contributed by atoms with Crippen molar-refractivity contribution >= 4 is 5.91 Å². The van der Waals surface area contributed by atoms with E-state index < -0.39 is 11.1 Å². The molecular weight excluding hydrogens is 342 g/mol. The van der Waals surface area contributed by atoms with Crippen LogP contribution in [0.15, 0.2) is 40.6 Å². The van der Waals surface area contributed by atoms with Crippen LogP contribution in [0, 0.1) is 17.8 Å². The Kier molecular flexibility index (Phi) is 6.25. The molecule has 6 nitrogen and oxygen atoms in total. The number of benzene rings is 1. The molecule has 1 atom stereocenters. The van der Waals surface area contributed by atoms with Crippen molar-refractivity contribution < 1.29 is 14.6 Å². The van der Waals surface area contributed by atoms with Crippen LogP contribution < -0.4 is 5.32 Å². The monoisotopic (exact) mass is 369 g/mol. The third-order valence-electron chi connectivity index (χ3n) is 5.66. The van der Waals surface area contributed by atoms with Crippen molar-refractivity contribution in [3.05, 3.63) is 35.9 Å². The van der Waals surface area contributed by atoms with Gasteiger partial charge in [0.2, 0.25) is 5.91 Å². The zero-order valence-electron chi connectivity index (χ0n) is 15.6. The fraction of sp³-hybridized carbons (Fsp3) is 0.571. The van der Waals surface area contributed by atoms with Crippen molar-refractivity contribution in [2.75, 3.05) is 19.8 Å². The lowest BCUT2D eigenvalue weighted by atomic mass is 9.71. The van der Waals surface area contributed by atoms with Gasteiger partial charge in [-0.05, 0) is 18.4 Å². The van der Waals surface area contributed by atoms with Gasteiger partial charge in [0.25, 0.3) is 0 Å². The van der Waals surface area contributed by atoms with Gasteiger partial charge in [0.15, 0.2) is 5.66 Å². The van der Waals surface area contributed by atoms with Gasteiger partial charge in [0, 0.05) is 44.3 Å². The van der Waals surface area contributed by atoms with E-state index in [1.807, 2.05) is 30.3 Å². The first-order valence-electron chi connectivity index (χ1n) is 9.54. The fourth-order valence-electron chi connectivity index (χ4n) is 3.77. The van der Waals surface area contributed by atoms with Crippen LogP contribution in [0.2, 0.25) is 0 Å². The zero-order valence-corrected chi connectivity index (χ0v) is 15.6. The smallest absolute Gasteiger partial charge is 0.220 e. The molecule has 0 spiro atoms. The van der Waals surface area contributed by atoms with Crippen LogP contribution in [0.4, 0.5) is 0 Å². The van der Waals surface area contributed by atoms with Crippen LogP contribution in [0.5, 0.6) is 0 Å². The molecule has 3 rings (SSSR count). The quantitative estimate of drug-likeness (QED) is 0.657. The lowest BCUT2D eigenvalue weighted by Gasteiger charge is -2.42. The van der Waals surface area contributed by atoms with Crippen LogP contribution >= 0.6 is 0 Å². The minimum Gasteiger partial charge on any atom is -0.396 e. The number of aliphatic hydroxyl groups excluding tert-OH is 1. The Hall–Kier alpha value is -2.23. The molecule has 0 bridgehead atoms. The summed E-state index contributed by atoms with van der Waals surface area (Å²) in [7, 11) is 0. The van der Waals surface area contributed by atoms with Crippen LogP contribution in [0.25, 0.3) is 0 Å². The van der Waals surface area contributed by atoms with E-state index in [4.69, 9.17) is 11.2 Å². The van der Waals surface area contributed by atoms with E-state index >= 15 is 0 Å². The maximum Gasteiger partial charge on any atom is 0.220 e. The van der Waals surface area contributed by atoms with Crippen molar-refractivity contribution in [3.63, 3.8) is 0 Å². The first kappa shape index (κ1) is 19.5. The van der Waals surface area contributed by atoms with Crippen molar-refractivity contribution in [3.8, 4) is 12.3 Å². The molecule has 27 heavy (non-hydrogen) atoms. The number of carbonyl (C=O) groups excluding carboxylic acids is 1. The number of terminal acetylenes is 1. The van der Waals surface area contributed by atoms with Gasteiger partial charge in [0.05, 0.1) is 12.6 Å². The van der Waals surface area contributed by atoms with E-state index in [-0.39, 0.29) is 18.6 Å². The first-order valence-corrected chi connectivity index (χ1v) is 9.54. The minimum atomic E-state index is -0.459. The lowest BCUT2D eigenvalue weighted by molar-refractivity contribution is -0.124. The third kappa shape index (κ3) is 4.74. The number of hydrogen-bond donors (Lipinski definition) is 2. The molecule has 1 aromatic rings. The topological polar surface area (TPSA) is 83.3 Å². The number of amides is 1. The summed E-state index contributed by atoms with van der Waals surface area (Å²) in [6.45, 7) is 1.19. The average molecular weight is 369 g/mol. The number of aliphatic hydroxyl groups is 1. The molecule has 0 radical (unpaired) electrons. The predicted molar refractivity (Wildman–Crippen MR) is 102 cm³/mol. The van der Waals surface area contributed by atoms with Gasteiger partial charge in [0.1, 0.15) is 0 Å². The van der Waals surface area contributed by atoms with Crippen LogP contribution in [-0.2, 0) is 9.53 Å². The molecule has 0 saturated carbocycles. The molecule has 1 amide bonds. The second kappa shape index (κ2) is 8.64. The van der Waals surface area contributed by atoms with Crippen LogP contribution in [-0.4, -0.2) is 36.5 Å². The van der Waals surface area contributed by atoms with Crippen molar-refractivity contribution in [1.82, 2.24) is 5.32 Å². The maximum atomic E-state index is 12.7. The summed E-state index contributed by atoms with van der Waals surface area (Å²) in [6.07, 6.45) is 8.93. The average Bonchev–Trinajstić information content (AvgIpc) is 3.50. The standard InChI is InChI=1S/C21H27N3O3/c1-2-3-10-21(23-24-21)11-9-18(26)22-19(17-7-5-4-6-8-17)20(16-25)12-14-27-15-13-20/h1,4-8,19,25H,3,9-16H2,(H,22,26). The van der Waals surface area contributed by atoms with Gasteiger partial charge in [-0.1, -0.05) is 30.3 Å². The number of ether oxygens (including phenoxy) is 1. The Balaban J connectivity index is 1.68. The highest BCUT2D eigenvalue weighted by molar-refractivity contribution is 5.76. The van der Waals surface area contributed by atoms with Gasteiger partial charge in [-0.2, -0.15) is 10.2 Å². The normalized spacial score (nSPS) is 20.4. The zero-order chi connectivity index (χ0) is 19.2. The Bertz CT molecular complexity index is 699. The molecule has 2 aliphatic heterocycles. The Morgan fingerprint density at radius 2 is 1.96 bits per heavy atom. The van der Waals surface area contributed by atoms with Crippen molar-refractivity contribution in [2.24, 2.45) is 15.6 Å². The summed E-state index contributed by atoms with van der Waals surface area (Å²) < 4.78 is 5.49. The molecule has 144 valence electrons. The number of rotatable bonds is 9. The van der Waals surface area contributed by atoms with Crippen molar-refractivity contribution in [1.29, 1.82) is 0 Å². The Labute approximate surface area is 160 Å². The summed E-state index contributed by atoms with van der Waals surface area (Å²) in [4.78, 5) is 12.7. The van der Waals surface area contributed by atoms with E-state index in [1.165, 1.54) is 0 Å². The number of hydrogen-bond acceptors (Lipinski definition) is 5. The van der Waals surface area contributed by atoms with E-state index in [9.17, 15) is 9.90 Å². The van der Waals surface area contributed by atoms with Crippen LogP contribution in [0.1, 0.15) is 50.1 Å². The summed E-state index contributed by atoms with van der Waals surface area (Å²) >= 11 is 0. The molecular formula is C21H27N3O3. The molecule has 6 heteroatoms. The van der Waals surface area contributed by atoms with E-state index in [0.29, 0.717) is 51.7 Å². The molecule has 1 unspecified atom stereocenters. The second-order valence-electron chi connectivity index (χ2n) is 7.43. The molecule has 2 heterocycles. The molecule has 1 aromatic carbocycles. The summed E-state index contributed by atoms with van der Waals surface area (Å²) in [5.41, 5.74) is 0.133. The SMILES string of the molecule is C#CCCC1(CCC(=O)NC(c2ccccc2)C2(CO)CCOCC2)N=N1. The molecule has 1 fully saturated rings. The van der Waals surface area contributed by atoms with E-state index in [2.05, 4.69) is 21.5 Å². The highest BCUT2D eigenvalue weighted by Gasteiger charge is 2.43. The maximum absolute atomic E-state index is 12.7. The molecule has 2 N–H and O–H groups in total. The minimum absolute atomic E-state index is 0.00692. The van der Waals surface area contributed by atoms with Gasteiger partial charge in [-0.15, -0.1) is 12.3 Å². The van der Waals surface area contributed by atoms with E-state index in [0.717, 1.165) is 5.56 Å². The summed E-state index contributed by atoms with van der Waals surface area (Å²) in [5, 5.41) is 21.6. The van der Waals surface area contributed by atoms with Gasteiger partial charge in [-0.25, -0.2) is 0 Å². The number of carbonyl (C=O) groups is 1. The van der Waals surface area contributed by atoms with E-state index in [1.54, 1.807) is 0 Å². The summed E-state index contributed by atoms with van der Waals surface area (Å²) in [6, 6.07) is 9.60. The third-order valence-corrected chi connectivity index (χ3v) is 5.66. The highest BCUT2D eigenvalue weighted by Crippen LogP contribution is 2.43. The number of nitrogens with zero attached hydrogens (tertiary/aromatic N) is 2. The lowest BCUT2D eigenvalue weighted by Crippen LogP contribution is -2.46. The van der Waals surface area contributed by atoms with Crippen LogP contribution in [0.3, 0.4) is 0 Å². The van der Waals surface area contributed by atoms with Gasteiger partial charge >= 0.3 is 0 Å². The Morgan fingerprint density at radius 3 is 2.56 bits per heavy atom. The fourth-order valence-corrected chi connectivity index (χ4v) is 3.77. The predicted octanol–water partition coefficient (Wildman–Crippen LogP) is 2.99. The second-order valence-corrected chi connectivity index (χ2v) is 7.43. The molecule has 1 saturated heterocycles. The first-order chi connectivity index (χ1) is 13.1. The van der Waals surface area contributed by atoms with Crippen molar-refractivity contribution in [2.45, 2.75) is 50.2 Å². The molecule has 0 aromatic heterocycles. The summed E-state index contributed by atoms with van der Waals surface area (Å²) in [5.74, 6) is 2.55. The Morgan fingerprint density at radius 1 is 1.26 bits per heavy atom. The molecule has 0 aliphatic carbocycles.